The zero-order valence-electron chi connectivity index (χ0n) is 12.6. The van der Waals surface area contributed by atoms with Gasteiger partial charge in [-0.1, -0.05) is 12.1 Å². The number of Topliss-reactive ketones (excluding diaryl/α,β-unsaturated/α-hetero) is 1. The number of ketones is 1. The molecule has 2 heterocycles. The molecule has 2 atom stereocenters. The molecule has 0 aliphatic carbocycles. The van der Waals surface area contributed by atoms with Crippen molar-refractivity contribution >= 4 is 5.78 Å². The van der Waals surface area contributed by atoms with Gasteiger partial charge in [0.15, 0.2) is 23.2 Å². The third-order valence-corrected chi connectivity index (χ3v) is 4.38. The van der Waals surface area contributed by atoms with Crippen LogP contribution in [-0.4, -0.2) is 40.9 Å². The van der Waals surface area contributed by atoms with E-state index >= 15 is 0 Å². The molecular weight excluding hydrogens is 316 g/mol. The summed E-state index contributed by atoms with van der Waals surface area (Å²) in [4.78, 5) is 13.0. The maximum absolute atomic E-state index is 13.0. The fraction of sp³-hybridized carbons (Fsp3) is 0.235. The van der Waals surface area contributed by atoms with Crippen molar-refractivity contribution in [1.82, 2.24) is 0 Å². The first-order chi connectivity index (χ1) is 11.5. The first kappa shape index (κ1) is 14.6. The van der Waals surface area contributed by atoms with Crippen LogP contribution >= 0.6 is 0 Å². The monoisotopic (exact) mass is 330 g/mol. The Morgan fingerprint density at radius 1 is 1.25 bits per heavy atom. The van der Waals surface area contributed by atoms with Gasteiger partial charge in [-0.05, 0) is 6.07 Å². The minimum absolute atomic E-state index is 0.0321. The second-order valence-corrected chi connectivity index (χ2v) is 5.69. The van der Waals surface area contributed by atoms with Crippen LogP contribution in [0.1, 0.15) is 15.9 Å². The molecule has 0 bridgehead atoms. The first-order valence-corrected chi connectivity index (χ1v) is 7.27. The third kappa shape index (κ3) is 1.73. The number of benzene rings is 2. The number of carbonyl (C=O) groups is 1. The molecule has 2 aliphatic heterocycles. The van der Waals surface area contributed by atoms with E-state index in [9.17, 15) is 20.1 Å². The summed E-state index contributed by atoms with van der Waals surface area (Å²) in [7, 11) is 1.42. The van der Waals surface area contributed by atoms with Gasteiger partial charge in [-0.3, -0.25) is 4.79 Å². The van der Waals surface area contributed by atoms with Crippen LogP contribution in [0.5, 0.6) is 28.7 Å². The Hall–Kier alpha value is -2.93. The van der Waals surface area contributed by atoms with Crippen LogP contribution < -0.4 is 14.2 Å². The number of phenolic OH excluding ortho intramolecular Hbond substituents is 2. The number of phenols is 2. The van der Waals surface area contributed by atoms with E-state index in [0.29, 0.717) is 5.75 Å². The average Bonchev–Trinajstić information content (AvgIpc) is 2.56. The molecule has 2 aromatic rings. The van der Waals surface area contributed by atoms with E-state index < -0.39 is 17.5 Å². The Kier molecular flexibility index (Phi) is 2.92. The Balaban J connectivity index is 1.94. The summed E-state index contributed by atoms with van der Waals surface area (Å²) >= 11 is 0. The Morgan fingerprint density at radius 3 is 2.79 bits per heavy atom. The smallest absolute Gasteiger partial charge is 0.210 e. The van der Waals surface area contributed by atoms with Crippen molar-refractivity contribution < 1.29 is 34.3 Å². The van der Waals surface area contributed by atoms with Gasteiger partial charge in [0.05, 0.1) is 7.11 Å². The molecule has 3 N–H and O–H groups in total. The van der Waals surface area contributed by atoms with E-state index in [0.717, 1.165) is 0 Å². The normalized spacial score (nSPS) is 24.1. The van der Waals surface area contributed by atoms with Gasteiger partial charge < -0.3 is 29.5 Å². The molecule has 0 spiro atoms. The minimum atomic E-state index is -2.06. The quantitative estimate of drug-likeness (QED) is 0.724. The van der Waals surface area contributed by atoms with E-state index in [1.54, 1.807) is 0 Å². The molecule has 24 heavy (non-hydrogen) atoms. The number of ether oxygens (including phenoxy) is 3. The van der Waals surface area contributed by atoms with Crippen LogP contribution in [0.15, 0.2) is 30.3 Å². The lowest BCUT2D eigenvalue weighted by Crippen LogP contribution is -2.57. The minimum Gasteiger partial charge on any atom is -0.507 e. The molecule has 0 fully saturated rings. The van der Waals surface area contributed by atoms with Crippen LogP contribution in [0, 0.1) is 0 Å². The van der Waals surface area contributed by atoms with Gasteiger partial charge >= 0.3 is 0 Å². The molecule has 2 aliphatic rings. The second kappa shape index (κ2) is 4.78. The number of rotatable bonds is 1. The number of carbonyl (C=O) groups excluding carboxylic acids is 1. The summed E-state index contributed by atoms with van der Waals surface area (Å²) in [5, 5.41) is 31.2. The highest BCUT2D eigenvalue weighted by atomic mass is 16.6. The third-order valence-electron chi connectivity index (χ3n) is 4.38. The van der Waals surface area contributed by atoms with Crippen LogP contribution in [0.2, 0.25) is 0 Å². The Morgan fingerprint density at radius 2 is 2.04 bits per heavy atom. The first-order valence-electron chi connectivity index (χ1n) is 7.27. The lowest BCUT2D eigenvalue weighted by molar-refractivity contribution is -0.0806. The number of aromatic hydroxyl groups is 2. The number of hydrogen-bond donors (Lipinski definition) is 3. The molecule has 0 radical (unpaired) electrons. The van der Waals surface area contributed by atoms with Crippen LogP contribution in [0.4, 0.5) is 0 Å². The molecule has 4 rings (SSSR count). The van der Waals surface area contributed by atoms with Crippen LogP contribution in [0.3, 0.4) is 0 Å². The predicted molar refractivity (Wildman–Crippen MR) is 80.9 cm³/mol. The van der Waals surface area contributed by atoms with Gasteiger partial charge in [0, 0.05) is 17.7 Å². The maximum atomic E-state index is 13.0. The SMILES string of the molecule is COc1cc(O)c2c(c1)O[C@@H]1COc3c(O)cccc3[C@@]1(O)C2=O. The summed E-state index contributed by atoms with van der Waals surface area (Å²) in [6, 6.07) is 7.10. The fourth-order valence-electron chi connectivity index (χ4n) is 3.18. The van der Waals surface area contributed by atoms with E-state index in [4.69, 9.17) is 14.2 Å². The van der Waals surface area contributed by atoms with Gasteiger partial charge in [0.2, 0.25) is 5.78 Å². The molecule has 0 saturated carbocycles. The topological polar surface area (TPSA) is 105 Å². The van der Waals surface area contributed by atoms with Crippen molar-refractivity contribution in [2.75, 3.05) is 13.7 Å². The molecule has 7 heteroatoms. The van der Waals surface area contributed by atoms with Crippen molar-refractivity contribution in [2.24, 2.45) is 0 Å². The summed E-state index contributed by atoms with van der Waals surface area (Å²) < 4.78 is 16.2. The summed E-state index contributed by atoms with van der Waals surface area (Å²) in [6.07, 6.45) is -1.02. The highest BCUT2D eigenvalue weighted by Gasteiger charge is 2.56. The highest BCUT2D eigenvalue weighted by molar-refractivity contribution is 6.09. The standard InChI is InChI=1S/C17H14O7/c1-22-8-5-11(19)14-12(6-8)24-13-7-23-15-9(3-2-4-10(15)18)17(13,21)16(14)20/h2-6,13,18-19,21H,7H2,1H3/t13-,17+/m1/s1. The fourth-order valence-corrected chi connectivity index (χ4v) is 3.18. The van der Waals surface area contributed by atoms with Gasteiger partial charge in [-0.25, -0.2) is 0 Å². The largest absolute Gasteiger partial charge is 0.507 e. The molecular formula is C17H14O7. The van der Waals surface area contributed by atoms with Gasteiger partial charge in [-0.15, -0.1) is 0 Å². The van der Waals surface area contributed by atoms with E-state index in [1.807, 2.05) is 0 Å². The molecule has 0 unspecified atom stereocenters. The molecule has 0 saturated heterocycles. The lowest BCUT2D eigenvalue weighted by atomic mass is 9.77. The van der Waals surface area contributed by atoms with Crippen molar-refractivity contribution in [3.05, 3.63) is 41.5 Å². The number of aliphatic hydroxyl groups is 1. The number of methoxy groups -OCH3 is 1. The number of para-hydroxylation sites is 1. The maximum Gasteiger partial charge on any atom is 0.210 e. The molecule has 0 amide bonds. The van der Waals surface area contributed by atoms with Crippen molar-refractivity contribution in [3.63, 3.8) is 0 Å². The molecule has 2 aromatic carbocycles. The van der Waals surface area contributed by atoms with Crippen molar-refractivity contribution in [3.8, 4) is 28.7 Å². The predicted octanol–water partition coefficient (Wildman–Crippen LogP) is 1.33. The van der Waals surface area contributed by atoms with Gasteiger partial charge in [0.25, 0.3) is 0 Å². The molecule has 0 aromatic heterocycles. The number of hydrogen-bond acceptors (Lipinski definition) is 7. The summed E-state index contributed by atoms with van der Waals surface area (Å²) in [6.45, 7) is -0.135. The van der Waals surface area contributed by atoms with Crippen LogP contribution in [0.25, 0.3) is 0 Å². The second-order valence-electron chi connectivity index (χ2n) is 5.69. The van der Waals surface area contributed by atoms with Crippen LogP contribution in [-0.2, 0) is 5.60 Å². The Labute approximate surface area is 136 Å². The van der Waals surface area contributed by atoms with Gasteiger partial charge in [-0.2, -0.15) is 0 Å². The van der Waals surface area contributed by atoms with Gasteiger partial charge in [0.1, 0.15) is 29.4 Å². The highest BCUT2D eigenvalue weighted by Crippen LogP contribution is 2.50. The van der Waals surface area contributed by atoms with E-state index in [2.05, 4.69) is 0 Å². The van der Waals surface area contributed by atoms with Crippen molar-refractivity contribution in [1.29, 1.82) is 0 Å². The Bertz CT molecular complexity index is 860. The zero-order chi connectivity index (χ0) is 17.1. The molecule has 7 nitrogen and oxygen atoms in total. The number of fused-ring (bicyclic) bond motifs is 4. The molecule has 124 valence electrons. The van der Waals surface area contributed by atoms with E-state index in [-0.39, 0.29) is 40.7 Å². The zero-order valence-corrected chi connectivity index (χ0v) is 12.6. The van der Waals surface area contributed by atoms with Crippen molar-refractivity contribution in [2.45, 2.75) is 11.7 Å². The lowest BCUT2D eigenvalue weighted by Gasteiger charge is -2.43. The van der Waals surface area contributed by atoms with E-state index in [1.165, 1.54) is 37.4 Å². The summed E-state index contributed by atoms with van der Waals surface area (Å²) in [5.74, 6) is -0.793. The summed E-state index contributed by atoms with van der Waals surface area (Å²) in [5.41, 5.74) is -2.10. The average molecular weight is 330 g/mol.